The van der Waals surface area contributed by atoms with Crippen molar-refractivity contribution in [3.63, 3.8) is 0 Å². The molecule has 0 radical (unpaired) electrons. The molecule has 0 fully saturated rings. The van der Waals surface area contributed by atoms with Crippen LogP contribution in [-0.4, -0.2) is 48.6 Å². The summed E-state index contributed by atoms with van der Waals surface area (Å²) in [4.78, 5) is 34.0. The van der Waals surface area contributed by atoms with Gasteiger partial charge in [0.05, 0.1) is 13.2 Å². The van der Waals surface area contributed by atoms with Gasteiger partial charge in [-0.05, 0) is 19.1 Å². The number of carboxylic acid groups (broad SMARTS) is 1. The van der Waals surface area contributed by atoms with Crippen molar-refractivity contribution in [1.82, 2.24) is 5.32 Å². The zero-order chi connectivity index (χ0) is 17.2. The third-order valence-electron chi connectivity index (χ3n) is 2.76. The fourth-order valence-corrected chi connectivity index (χ4v) is 1.63. The minimum Gasteiger partial charge on any atom is -0.484 e. The summed E-state index contributed by atoms with van der Waals surface area (Å²) < 4.78 is 10.3. The fourth-order valence-electron chi connectivity index (χ4n) is 1.63. The minimum atomic E-state index is -1.21. The monoisotopic (exact) mass is 321 g/mol. The highest BCUT2D eigenvalue weighted by Gasteiger charge is 2.20. The van der Waals surface area contributed by atoms with Crippen molar-refractivity contribution in [2.45, 2.75) is 13.0 Å². The largest absolute Gasteiger partial charge is 0.484 e. The summed E-state index contributed by atoms with van der Waals surface area (Å²) in [5, 5.41) is 11.3. The third-order valence-corrected chi connectivity index (χ3v) is 2.76. The maximum atomic E-state index is 11.7. The van der Waals surface area contributed by atoms with Crippen LogP contribution in [0.25, 0.3) is 0 Å². The second kappa shape index (κ2) is 9.37. The van der Waals surface area contributed by atoms with Gasteiger partial charge in [0.2, 0.25) is 0 Å². The van der Waals surface area contributed by atoms with E-state index in [1.54, 1.807) is 18.2 Å². The third kappa shape index (κ3) is 6.75. The molecule has 0 aliphatic heterocycles. The van der Waals surface area contributed by atoms with E-state index in [9.17, 15) is 14.4 Å². The van der Waals surface area contributed by atoms with Gasteiger partial charge < -0.3 is 19.9 Å². The number of benzene rings is 1. The molecule has 0 saturated heterocycles. The van der Waals surface area contributed by atoms with E-state index in [-0.39, 0.29) is 25.6 Å². The molecule has 124 valence electrons. The molecule has 1 aromatic rings. The molecule has 7 nitrogen and oxygen atoms in total. The Morgan fingerprint density at radius 1 is 1.39 bits per heavy atom. The van der Waals surface area contributed by atoms with Crippen molar-refractivity contribution in [1.29, 1.82) is 0 Å². The van der Waals surface area contributed by atoms with Crippen LogP contribution >= 0.6 is 0 Å². The summed E-state index contributed by atoms with van der Waals surface area (Å²) in [6.45, 7) is 4.51. The smallest absolute Gasteiger partial charge is 0.328 e. The van der Waals surface area contributed by atoms with E-state index in [0.717, 1.165) is 0 Å². The van der Waals surface area contributed by atoms with Gasteiger partial charge in [0, 0.05) is 5.56 Å². The van der Waals surface area contributed by atoms with Gasteiger partial charge in [-0.2, -0.15) is 0 Å². The van der Waals surface area contributed by atoms with Crippen molar-refractivity contribution >= 4 is 17.7 Å². The number of hydrogen-bond acceptors (Lipinski definition) is 5. The number of Topliss-reactive ketones (excluding diaryl/α,β-unsaturated/α-hetero) is 1. The summed E-state index contributed by atoms with van der Waals surface area (Å²) in [5.74, 6) is -1.58. The van der Waals surface area contributed by atoms with Gasteiger partial charge in [0.15, 0.2) is 18.4 Å². The number of amides is 1. The molecule has 0 heterocycles. The Balaban J connectivity index is 2.51. The maximum Gasteiger partial charge on any atom is 0.328 e. The molecule has 0 aliphatic rings. The molecule has 0 bridgehead atoms. The van der Waals surface area contributed by atoms with Gasteiger partial charge in [-0.3, -0.25) is 9.59 Å². The van der Waals surface area contributed by atoms with Crippen molar-refractivity contribution in [2.75, 3.05) is 19.8 Å². The molecule has 1 amide bonds. The van der Waals surface area contributed by atoms with E-state index < -0.39 is 17.9 Å². The molecular formula is C16H19NO6. The van der Waals surface area contributed by atoms with E-state index in [1.807, 2.05) is 0 Å². The first kappa shape index (κ1) is 18.4. The molecule has 0 spiro atoms. The highest BCUT2D eigenvalue weighted by molar-refractivity contribution is 5.94. The lowest BCUT2D eigenvalue weighted by Crippen LogP contribution is -2.45. The summed E-state index contributed by atoms with van der Waals surface area (Å²) in [5.41, 5.74) is 0.462. The topological polar surface area (TPSA) is 102 Å². The molecular weight excluding hydrogens is 302 g/mol. The fraction of sp³-hybridized carbons (Fsp3) is 0.312. The van der Waals surface area contributed by atoms with Crippen molar-refractivity contribution in [3.8, 4) is 5.75 Å². The molecule has 0 aliphatic carbocycles. The number of ketones is 1. The standard InChI is InChI=1S/C16H19NO6/c1-3-7-22-9-14(16(20)21)17-15(19)10-23-13-6-4-5-12(8-13)11(2)18/h3-6,8,14H,1,7,9-10H2,2H3,(H,17,19)(H,20,21). The lowest BCUT2D eigenvalue weighted by Gasteiger charge is -2.14. The Bertz CT molecular complexity index is 584. The molecule has 0 saturated carbocycles. The number of aliphatic carboxylic acids is 1. The number of nitrogens with one attached hydrogen (secondary N) is 1. The number of carbonyl (C=O) groups excluding carboxylic acids is 2. The summed E-state index contributed by atoms with van der Waals surface area (Å²) in [6.07, 6.45) is 1.48. The van der Waals surface area contributed by atoms with Gasteiger partial charge in [-0.25, -0.2) is 4.79 Å². The number of carboxylic acids is 1. The van der Waals surface area contributed by atoms with Crippen LogP contribution in [0.15, 0.2) is 36.9 Å². The molecule has 0 aromatic heterocycles. The molecule has 1 atom stereocenters. The van der Waals surface area contributed by atoms with Crippen LogP contribution < -0.4 is 10.1 Å². The molecule has 1 rings (SSSR count). The zero-order valence-electron chi connectivity index (χ0n) is 12.8. The quantitative estimate of drug-likeness (QED) is 0.379. The highest BCUT2D eigenvalue weighted by Crippen LogP contribution is 2.13. The lowest BCUT2D eigenvalue weighted by atomic mass is 10.1. The first-order valence-corrected chi connectivity index (χ1v) is 6.88. The molecule has 1 aromatic carbocycles. The van der Waals surface area contributed by atoms with Crippen LogP contribution in [0.3, 0.4) is 0 Å². The highest BCUT2D eigenvalue weighted by atomic mass is 16.5. The lowest BCUT2D eigenvalue weighted by molar-refractivity contribution is -0.143. The van der Waals surface area contributed by atoms with E-state index in [1.165, 1.54) is 19.1 Å². The van der Waals surface area contributed by atoms with Crippen LogP contribution in [-0.2, 0) is 14.3 Å². The predicted molar refractivity (Wildman–Crippen MR) is 82.5 cm³/mol. The van der Waals surface area contributed by atoms with Gasteiger partial charge in [-0.1, -0.05) is 18.2 Å². The Morgan fingerprint density at radius 3 is 2.74 bits per heavy atom. The number of rotatable bonds is 10. The average Bonchev–Trinajstić information content (AvgIpc) is 2.52. The van der Waals surface area contributed by atoms with Gasteiger partial charge in [0.25, 0.3) is 5.91 Å². The van der Waals surface area contributed by atoms with E-state index in [2.05, 4.69) is 11.9 Å². The number of ether oxygens (including phenoxy) is 2. The molecule has 1 unspecified atom stereocenters. The Labute approximate surface area is 133 Å². The Hall–Kier alpha value is -2.67. The number of carbonyl (C=O) groups is 3. The van der Waals surface area contributed by atoms with Crippen LogP contribution in [0.2, 0.25) is 0 Å². The zero-order valence-corrected chi connectivity index (χ0v) is 12.8. The SMILES string of the molecule is C=CCOCC(NC(=O)COc1cccc(C(C)=O)c1)C(=O)O. The minimum absolute atomic E-state index is 0.120. The predicted octanol–water partition coefficient (Wildman–Crippen LogP) is 1.04. The first-order chi connectivity index (χ1) is 10.9. The summed E-state index contributed by atoms with van der Waals surface area (Å²) in [7, 11) is 0. The van der Waals surface area contributed by atoms with Crippen LogP contribution in [0.1, 0.15) is 17.3 Å². The summed E-state index contributed by atoms with van der Waals surface area (Å²) in [6, 6.07) is 5.20. The van der Waals surface area contributed by atoms with Crippen molar-refractivity contribution < 1.29 is 29.0 Å². The molecule has 2 N–H and O–H groups in total. The Morgan fingerprint density at radius 2 is 2.13 bits per heavy atom. The van der Waals surface area contributed by atoms with E-state index in [0.29, 0.717) is 11.3 Å². The summed E-state index contributed by atoms with van der Waals surface area (Å²) >= 11 is 0. The second-order valence-electron chi connectivity index (χ2n) is 4.66. The van der Waals surface area contributed by atoms with Gasteiger partial charge in [-0.15, -0.1) is 6.58 Å². The van der Waals surface area contributed by atoms with Crippen molar-refractivity contribution in [2.24, 2.45) is 0 Å². The van der Waals surface area contributed by atoms with Crippen LogP contribution in [0.4, 0.5) is 0 Å². The number of hydrogen-bond donors (Lipinski definition) is 2. The normalized spacial score (nSPS) is 11.3. The maximum absolute atomic E-state index is 11.7. The average molecular weight is 321 g/mol. The van der Waals surface area contributed by atoms with Gasteiger partial charge in [0.1, 0.15) is 5.75 Å². The van der Waals surface area contributed by atoms with Crippen LogP contribution in [0.5, 0.6) is 5.75 Å². The molecule has 7 heteroatoms. The molecule has 23 heavy (non-hydrogen) atoms. The van der Waals surface area contributed by atoms with E-state index >= 15 is 0 Å². The second-order valence-corrected chi connectivity index (χ2v) is 4.66. The van der Waals surface area contributed by atoms with Crippen molar-refractivity contribution in [3.05, 3.63) is 42.5 Å². The van der Waals surface area contributed by atoms with Crippen LogP contribution in [0, 0.1) is 0 Å². The first-order valence-electron chi connectivity index (χ1n) is 6.88. The van der Waals surface area contributed by atoms with E-state index in [4.69, 9.17) is 14.6 Å². The van der Waals surface area contributed by atoms with Gasteiger partial charge >= 0.3 is 5.97 Å². The Kier molecular flexibility index (Phi) is 7.49.